The van der Waals surface area contributed by atoms with E-state index in [-0.39, 0.29) is 23.6 Å². The van der Waals surface area contributed by atoms with E-state index in [1.165, 1.54) is 6.20 Å². The monoisotopic (exact) mass is 248 g/mol. The predicted molar refractivity (Wildman–Crippen MR) is 63.4 cm³/mol. The molecule has 7 nitrogen and oxygen atoms in total. The van der Waals surface area contributed by atoms with Crippen LogP contribution < -0.4 is 5.32 Å². The summed E-state index contributed by atoms with van der Waals surface area (Å²) in [6.45, 7) is 1.63. The van der Waals surface area contributed by atoms with Gasteiger partial charge in [-0.25, -0.2) is 4.79 Å². The first-order chi connectivity index (χ1) is 8.58. The zero-order valence-electron chi connectivity index (χ0n) is 9.65. The number of hydrogen-bond acceptors (Lipinski definition) is 3. The maximum Gasteiger partial charge on any atom is 0.339 e. The third kappa shape index (κ3) is 2.40. The smallest absolute Gasteiger partial charge is 0.339 e. The Morgan fingerprint density at radius 2 is 2.28 bits per heavy atom. The molecule has 18 heavy (non-hydrogen) atoms. The molecule has 0 saturated carbocycles. The van der Waals surface area contributed by atoms with Crippen LogP contribution in [-0.2, 0) is 11.2 Å². The lowest BCUT2D eigenvalue weighted by molar-refractivity contribution is -0.115. The SMILES string of the molecule is Cc1[nH]cc(NC(=O)Cc2ccn[nH]2)c1C(=O)O. The quantitative estimate of drug-likeness (QED) is 0.644. The second-order valence-corrected chi connectivity index (χ2v) is 3.81. The predicted octanol–water partition coefficient (Wildman–Crippen LogP) is 0.926. The van der Waals surface area contributed by atoms with Gasteiger partial charge in [0.05, 0.1) is 12.1 Å². The molecule has 1 amide bonds. The van der Waals surface area contributed by atoms with Crippen LogP contribution in [-0.4, -0.2) is 32.2 Å². The van der Waals surface area contributed by atoms with Gasteiger partial charge in [-0.1, -0.05) is 0 Å². The van der Waals surface area contributed by atoms with Crippen LogP contribution in [0.4, 0.5) is 5.69 Å². The molecule has 0 aromatic carbocycles. The second kappa shape index (κ2) is 4.74. The van der Waals surface area contributed by atoms with Crippen LogP contribution in [0.1, 0.15) is 21.7 Å². The van der Waals surface area contributed by atoms with Gasteiger partial charge in [0.15, 0.2) is 0 Å². The molecule has 2 aromatic heterocycles. The molecule has 0 aliphatic rings. The fourth-order valence-electron chi connectivity index (χ4n) is 1.65. The summed E-state index contributed by atoms with van der Waals surface area (Å²) in [5.74, 6) is -1.38. The molecule has 0 fully saturated rings. The van der Waals surface area contributed by atoms with Gasteiger partial charge in [0.2, 0.25) is 5.91 Å². The maximum absolute atomic E-state index is 11.7. The van der Waals surface area contributed by atoms with Gasteiger partial charge in [-0.2, -0.15) is 5.10 Å². The Morgan fingerprint density at radius 1 is 1.50 bits per heavy atom. The number of amides is 1. The van der Waals surface area contributed by atoms with E-state index in [1.807, 2.05) is 0 Å². The number of nitrogens with one attached hydrogen (secondary N) is 3. The maximum atomic E-state index is 11.7. The van der Waals surface area contributed by atoms with Gasteiger partial charge in [-0.05, 0) is 13.0 Å². The van der Waals surface area contributed by atoms with Crippen molar-refractivity contribution in [1.82, 2.24) is 15.2 Å². The van der Waals surface area contributed by atoms with Crippen molar-refractivity contribution in [3.05, 3.63) is 35.4 Å². The first-order valence-electron chi connectivity index (χ1n) is 5.27. The number of aromatic carboxylic acids is 1. The highest BCUT2D eigenvalue weighted by Gasteiger charge is 2.17. The first kappa shape index (κ1) is 11.9. The Hall–Kier alpha value is -2.57. The molecule has 2 aromatic rings. The van der Waals surface area contributed by atoms with Gasteiger partial charge in [-0.3, -0.25) is 9.89 Å². The molecule has 7 heteroatoms. The van der Waals surface area contributed by atoms with E-state index >= 15 is 0 Å². The van der Waals surface area contributed by atoms with E-state index < -0.39 is 5.97 Å². The van der Waals surface area contributed by atoms with Crippen LogP contribution in [0.2, 0.25) is 0 Å². The Kier molecular flexibility index (Phi) is 3.13. The number of hydrogen-bond donors (Lipinski definition) is 4. The van der Waals surface area contributed by atoms with Crippen molar-refractivity contribution in [2.75, 3.05) is 5.32 Å². The number of carbonyl (C=O) groups is 2. The average Bonchev–Trinajstić information content (AvgIpc) is 2.88. The van der Waals surface area contributed by atoms with E-state index in [1.54, 1.807) is 19.2 Å². The molecule has 2 rings (SSSR count). The molecule has 0 radical (unpaired) electrons. The lowest BCUT2D eigenvalue weighted by atomic mass is 10.2. The first-order valence-corrected chi connectivity index (χ1v) is 5.27. The molecule has 0 aliphatic carbocycles. The number of aromatic amines is 2. The van der Waals surface area contributed by atoms with Crippen LogP contribution in [0, 0.1) is 6.92 Å². The van der Waals surface area contributed by atoms with Crippen LogP contribution in [0.15, 0.2) is 18.5 Å². The van der Waals surface area contributed by atoms with Crippen molar-refractivity contribution >= 4 is 17.6 Å². The summed E-state index contributed by atoms with van der Waals surface area (Å²) in [6.07, 6.45) is 3.12. The molecular weight excluding hydrogens is 236 g/mol. The van der Waals surface area contributed by atoms with Gasteiger partial charge in [0, 0.05) is 23.8 Å². The van der Waals surface area contributed by atoms with Crippen molar-refractivity contribution in [2.24, 2.45) is 0 Å². The molecular formula is C11H12N4O3. The van der Waals surface area contributed by atoms with Crippen molar-refractivity contribution in [3.8, 4) is 0 Å². The number of aryl methyl sites for hydroxylation is 1. The summed E-state index contributed by atoms with van der Waals surface area (Å²) in [5.41, 5.74) is 1.51. The molecule has 4 N–H and O–H groups in total. The Bertz CT molecular complexity index is 571. The summed E-state index contributed by atoms with van der Waals surface area (Å²) in [4.78, 5) is 25.5. The number of H-pyrrole nitrogens is 2. The Balaban J connectivity index is 2.10. The second-order valence-electron chi connectivity index (χ2n) is 3.81. The highest BCUT2D eigenvalue weighted by Crippen LogP contribution is 2.19. The van der Waals surface area contributed by atoms with Gasteiger partial charge < -0.3 is 15.4 Å². The third-order valence-corrected chi connectivity index (χ3v) is 2.47. The number of carbonyl (C=O) groups excluding carboxylic acids is 1. The fourth-order valence-corrected chi connectivity index (χ4v) is 1.65. The van der Waals surface area contributed by atoms with Gasteiger partial charge >= 0.3 is 5.97 Å². The molecule has 0 spiro atoms. The number of carboxylic acid groups (broad SMARTS) is 1. The normalized spacial score (nSPS) is 10.3. The zero-order chi connectivity index (χ0) is 13.1. The van der Waals surface area contributed by atoms with Crippen molar-refractivity contribution < 1.29 is 14.7 Å². The van der Waals surface area contributed by atoms with Gasteiger partial charge in [-0.15, -0.1) is 0 Å². The minimum Gasteiger partial charge on any atom is -0.478 e. The Morgan fingerprint density at radius 3 is 2.89 bits per heavy atom. The summed E-state index contributed by atoms with van der Waals surface area (Å²) >= 11 is 0. The lowest BCUT2D eigenvalue weighted by Crippen LogP contribution is -2.16. The zero-order valence-corrected chi connectivity index (χ0v) is 9.65. The van der Waals surface area contributed by atoms with Gasteiger partial charge in [0.1, 0.15) is 5.56 Å². The number of rotatable bonds is 4. The molecule has 94 valence electrons. The van der Waals surface area contributed by atoms with Crippen LogP contribution in [0.3, 0.4) is 0 Å². The summed E-state index contributed by atoms with van der Waals surface area (Å²) in [7, 11) is 0. The van der Waals surface area contributed by atoms with Crippen LogP contribution in [0.25, 0.3) is 0 Å². The Labute approximate surface area is 102 Å². The molecule has 0 atom stereocenters. The van der Waals surface area contributed by atoms with Crippen molar-refractivity contribution in [2.45, 2.75) is 13.3 Å². The lowest BCUT2D eigenvalue weighted by Gasteiger charge is -2.03. The molecule has 0 bridgehead atoms. The van der Waals surface area contributed by atoms with E-state index in [9.17, 15) is 9.59 Å². The highest BCUT2D eigenvalue weighted by atomic mass is 16.4. The minimum absolute atomic E-state index is 0.0768. The van der Waals surface area contributed by atoms with E-state index in [2.05, 4.69) is 20.5 Å². The molecule has 0 aliphatic heterocycles. The number of nitrogens with zero attached hydrogens (tertiary/aromatic N) is 1. The molecule has 0 unspecified atom stereocenters. The number of carboxylic acids is 1. The van der Waals surface area contributed by atoms with Gasteiger partial charge in [0.25, 0.3) is 0 Å². The van der Waals surface area contributed by atoms with E-state index in [4.69, 9.17) is 5.11 Å². The molecule has 2 heterocycles. The highest BCUT2D eigenvalue weighted by molar-refractivity contribution is 6.01. The van der Waals surface area contributed by atoms with Crippen molar-refractivity contribution in [1.29, 1.82) is 0 Å². The third-order valence-electron chi connectivity index (χ3n) is 2.47. The van der Waals surface area contributed by atoms with Crippen LogP contribution in [0.5, 0.6) is 0 Å². The molecule has 0 saturated heterocycles. The summed E-state index contributed by atoms with van der Waals surface area (Å²) in [6, 6.07) is 1.68. The number of anilines is 1. The summed E-state index contributed by atoms with van der Waals surface area (Å²) in [5, 5.41) is 18.0. The standard InChI is InChI=1S/C11H12N4O3/c1-6-10(11(17)18)8(5-12-6)14-9(16)4-7-2-3-13-15-7/h2-3,5,12H,4H2,1H3,(H,13,15)(H,14,16)(H,17,18). The van der Waals surface area contributed by atoms with Crippen molar-refractivity contribution in [3.63, 3.8) is 0 Å². The minimum atomic E-state index is -1.08. The van der Waals surface area contributed by atoms with E-state index in [0.29, 0.717) is 11.4 Å². The van der Waals surface area contributed by atoms with Crippen LogP contribution >= 0.6 is 0 Å². The largest absolute Gasteiger partial charge is 0.478 e. The van der Waals surface area contributed by atoms with E-state index in [0.717, 1.165) is 0 Å². The topological polar surface area (TPSA) is 111 Å². The average molecular weight is 248 g/mol. The fraction of sp³-hybridized carbons (Fsp3) is 0.182. The number of aromatic nitrogens is 3. The summed E-state index contributed by atoms with van der Waals surface area (Å²) < 4.78 is 0.